The van der Waals surface area contributed by atoms with E-state index < -0.39 is 0 Å². The summed E-state index contributed by atoms with van der Waals surface area (Å²) < 4.78 is 5.95. The molecule has 0 bridgehead atoms. The van der Waals surface area contributed by atoms with Crippen LogP contribution in [0.5, 0.6) is 0 Å². The average Bonchev–Trinajstić information content (AvgIpc) is 2.31. The van der Waals surface area contributed by atoms with Crippen LogP contribution in [0.4, 0.5) is 0 Å². The zero-order valence-corrected chi connectivity index (χ0v) is 11.9. The molecule has 1 fully saturated rings. The van der Waals surface area contributed by atoms with Crippen molar-refractivity contribution in [1.82, 2.24) is 0 Å². The van der Waals surface area contributed by atoms with Gasteiger partial charge in [-0.05, 0) is 19.3 Å². The van der Waals surface area contributed by atoms with E-state index in [0.29, 0.717) is 11.5 Å². The molecule has 16 heavy (non-hydrogen) atoms. The van der Waals surface area contributed by atoms with E-state index in [1.807, 2.05) is 0 Å². The highest BCUT2D eigenvalue weighted by Crippen LogP contribution is 2.49. The molecule has 0 aromatic heterocycles. The van der Waals surface area contributed by atoms with E-state index in [2.05, 4.69) is 20.8 Å². The molecule has 0 aromatic rings. The molecular weight excluding hydrogens is 220 g/mol. The van der Waals surface area contributed by atoms with Crippen LogP contribution in [0.1, 0.15) is 65.7 Å². The van der Waals surface area contributed by atoms with E-state index in [0.717, 1.165) is 19.4 Å². The molecule has 0 N–H and O–H groups in total. The summed E-state index contributed by atoms with van der Waals surface area (Å²) in [5.41, 5.74) is 0.227. The summed E-state index contributed by atoms with van der Waals surface area (Å²) >= 11 is 6.25. The number of hydrogen-bond donors (Lipinski definition) is 0. The molecular formula is C14H27ClO. The number of halogens is 1. The van der Waals surface area contributed by atoms with Crippen molar-refractivity contribution in [2.24, 2.45) is 5.41 Å². The van der Waals surface area contributed by atoms with Crippen LogP contribution in [0.15, 0.2) is 0 Å². The Morgan fingerprint density at radius 1 is 1.19 bits per heavy atom. The van der Waals surface area contributed by atoms with Crippen LogP contribution in [0.2, 0.25) is 0 Å². The van der Waals surface area contributed by atoms with Gasteiger partial charge in [-0.2, -0.15) is 0 Å². The molecule has 0 aromatic carbocycles. The highest BCUT2D eigenvalue weighted by molar-refractivity contribution is 6.21. The second-order valence-electron chi connectivity index (χ2n) is 5.34. The van der Waals surface area contributed by atoms with Crippen LogP contribution in [0.25, 0.3) is 0 Å². The Bertz CT molecular complexity index is 195. The van der Waals surface area contributed by atoms with Gasteiger partial charge in [-0.3, -0.25) is 0 Å². The third-order valence-corrected chi connectivity index (χ3v) is 4.88. The Morgan fingerprint density at radius 2 is 1.88 bits per heavy atom. The Labute approximate surface area is 106 Å². The first-order chi connectivity index (χ1) is 7.65. The van der Waals surface area contributed by atoms with Gasteiger partial charge < -0.3 is 4.74 Å². The van der Waals surface area contributed by atoms with Crippen molar-refractivity contribution >= 4 is 11.6 Å². The van der Waals surface area contributed by atoms with Crippen molar-refractivity contribution in [2.45, 2.75) is 77.2 Å². The van der Waals surface area contributed by atoms with Crippen LogP contribution in [0.3, 0.4) is 0 Å². The minimum atomic E-state index is 0.227. The minimum absolute atomic E-state index is 0.227. The molecule has 96 valence electrons. The van der Waals surface area contributed by atoms with Gasteiger partial charge in [0.15, 0.2) is 0 Å². The second-order valence-corrected chi connectivity index (χ2v) is 5.86. The van der Waals surface area contributed by atoms with Crippen molar-refractivity contribution in [3.05, 3.63) is 0 Å². The maximum Gasteiger partial charge on any atom is 0.0656 e. The van der Waals surface area contributed by atoms with Gasteiger partial charge in [-0.15, -0.1) is 11.6 Å². The Kier molecular flexibility index (Phi) is 6.13. The lowest BCUT2D eigenvalue weighted by Crippen LogP contribution is -2.53. The molecule has 0 radical (unpaired) electrons. The predicted molar refractivity (Wildman–Crippen MR) is 71.2 cm³/mol. The summed E-state index contributed by atoms with van der Waals surface area (Å²) in [5, 5.41) is 0.322. The van der Waals surface area contributed by atoms with Gasteiger partial charge in [0, 0.05) is 17.4 Å². The molecule has 0 heterocycles. The molecule has 3 unspecified atom stereocenters. The maximum atomic E-state index is 6.25. The van der Waals surface area contributed by atoms with Gasteiger partial charge in [0.25, 0.3) is 0 Å². The molecule has 0 saturated heterocycles. The molecule has 1 nitrogen and oxygen atoms in total. The molecule has 1 aliphatic carbocycles. The van der Waals surface area contributed by atoms with Crippen molar-refractivity contribution in [1.29, 1.82) is 0 Å². The first-order valence-corrected chi connectivity index (χ1v) is 7.34. The smallest absolute Gasteiger partial charge is 0.0656 e. The summed E-state index contributed by atoms with van der Waals surface area (Å²) in [6, 6.07) is 0. The summed E-state index contributed by atoms with van der Waals surface area (Å²) in [6.45, 7) is 7.65. The zero-order valence-electron chi connectivity index (χ0n) is 11.1. The van der Waals surface area contributed by atoms with Gasteiger partial charge in [0.1, 0.15) is 0 Å². The Hall–Kier alpha value is 0.250. The number of rotatable bonds is 8. The number of alkyl halides is 1. The van der Waals surface area contributed by atoms with E-state index in [-0.39, 0.29) is 5.41 Å². The van der Waals surface area contributed by atoms with Gasteiger partial charge >= 0.3 is 0 Å². The fourth-order valence-corrected chi connectivity index (χ4v) is 2.86. The normalized spacial score (nSPS) is 33.8. The molecule has 0 spiro atoms. The second kappa shape index (κ2) is 6.86. The largest absolute Gasteiger partial charge is 0.378 e. The predicted octanol–water partition coefficient (Wildman–Crippen LogP) is 4.77. The van der Waals surface area contributed by atoms with Crippen LogP contribution >= 0.6 is 11.6 Å². The van der Waals surface area contributed by atoms with E-state index in [9.17, 15) is 0 Å². The quantitative estimate of drug-likeness (QED) is 0.443. The third-order valence-electron chi connectivity index (χ3n) is 4.20. The van der Waals surface area contributed by atoms with Crippen LogP contribution in [0, 0.1) is 5.41 Å². The Morgan fingerprint density at radius 3 is 2.44 bits per heavy atom. The van der Waals surface area contributed by atoms with Crippen molar-refractivity contribution < 1.29 is 4.74 Å². The van der Waals surface area contributed by atoms with Crippen LogP contribution in [-0.4, -0.2) is 18.1 Å². The third kappa shape index (κ3) is 3.37. The van der Waals surface area contributed by atoms with Crippen molar-refractivity contribution in [3.63, 3.8) is 0 Å². The first-order valence-electron chi connectivity index (χ1n) is 6.90. The molecule has 0 amide bonds. The maximum absolute atomic E-state index is 6.25. The molecule has 0 aliphatic heterocycles. The fourth-order valence-electron chi connectivity index (χ4n) is 2.41. The Balaban J connectivity index is 2.06. The standard InChI is InChI=1S/C14H27ClO/c1-4-6-7-8-9-10-16-13-11-12(15)14(13,3)5-2/h12-13H,4-11H2,1-3H3. The van der Waals surface area contributed by atoms with Gasteiger partial charge in [0.05, 0.1) is 6.10 Å². The monoisotopic (exact) mass is 246 g/mol. The van der Waals surface area contributed by atoms with E-state index in [1.165, 1.54) is 32.1 Å². The zero-order chi connectivity index (χ0) is 12.0. The van der Waals surface area contributed by atoms with E-state index in [4.69, 9.17) is 16.3 Å². The first kappa shape index (κ1) is 14.3. The van der Waals surface area contributed by atoms with Gasteiger partial charge in [-0.25, -0.2) is 0 Å². The SMILES string of the molecule is CCCCCCCOC1CC(Cl)C1(C)CC. The van der Waals surface area contributed by atoms with Gasteiger partial charge in [-0.1, -0.05) is 46.5 Å². The average molecular weight is 247 g/mol. The highest BCUT2D eigenvalue weighted by Gasteiger charge is 2.50. The van der Waals surface area contributed by atoms with Crippen molar-refractivity contribution in [3.8, 4) is 0 Å². The minimum Gasteiger partial charge on any atom is -0.378 e. The lowest BCUT2D eigenvalue weighted by Gasteiger charge is -2.50. The molecule has 1 saturated carbocycles. The summed E-state index contributed by atoms with van der Waals surface area (Å²) in [6.07, 6.45) is 9.13. The molecule has 2 heteroatoms. The topological polar surface area (TPSA) is 9.23 Å². The highest BCUT2D eigenvalue weighted by atomic mass is 35.5. The van der Waals surface area contributed by atoms with Crippen LogP contribution in [-0.2, 0) is 4.74 Å². The van der Waals surface area contributed by atoms with E-state index >= 15 is 0 Å². The fraction of sp³-hybridized carbons (Fsp3) is 1.00. The van der Waals surface area contributed by atoms with E-state index in [1.54, 1.807) is 0 Å². The lowest BCUT2D eigenvalue weighted by atomic mass is 9.65. The number of unbranched alkanes of at least 4 members (excludes halogenated alkanes) is 4. The molecule has 1 aliphatic rings. The van der Waals surface area contributed by atoms with Crippen molar-refractivity contribution in [2.75, 3.05) is 6.61 Å². The summed E-state index contributed by atoms with van der Waals surface area (Å²) in [4.78, 5) is 0. The summed E-state index contributed by atoms with van der Waals surface area (Å²) in [5.74, 6) is 0. The number of hydrogen-bond acceptors (Lipinski definition) is 1. The van der Waals surface area contributed by atoms with Gasteiger partial charge in [0.2, 0.25) is 0 Å². The number of ether oxygens (including phenoxy) is 1. The lowest BCUT2D eigenvalue weighted by molar-refractivity contribution is -0.100. The molecule has 1 rings (SSSR count). The molecule has 3 atom stereocenters. The summed E-state index contributed by atoms with van der Waals surface area (Å²) in [7, 11) is 0. The van der Waals surface area contributed by atoms with Crippen LogP contribution < -0.4 is 0 Å².